The highest BCUT2D eigenvalue weighted by molar-refractivity contribution is 6.00. The highest BCUT2D eigenvalue weighted by atomic mass is 16.5. The summed E-state index contributed by atoms with van der Waals surface area (Å²) in [6.07, 6.45) is 1.66. The molecule has 0 atom stereocenters. The van der Waals surface area contributed by atoms with Crippen LogP contribution in [0.2, 0.25) is 0 Å². The van der Waals surface area contributed by atoms with Crippen LogP contribution in [0.5, 0.6) is 0 Å². The van der Waals surface area contributed by atoms with Crippen LogP contribution >= 0.6 is 0 Å². The maximum atomic E-state index is 11.1. The summed E-state index contributed by atoms with van der Waals surface area (Å²) in [6.45, 7) is 2.03. The Morgan fingerprint density at radius 3 is 2.89 bits per heavy atom. The molecule has 1 heterocycles. The van der Waals surface area contributed by atoms with Crippen molar-refractivity contribution in [3.8, 4) is 0 Å². The minimum Gasteiger partial charge on any atom is -0.468 e. The summed E-state index contributed by atoms with van der Waals surface area (Å²) in [4.78, 5) is 15.3. The fourth-order valence-corrected chi connectivity index (χ4v) is 1.76. The Hall–Kier alpha value is -2.30. The molecule has 18 heavy (non-hydrogen) atoms. The van der Waals surface area contributed by atoms with Gasteiger partial charge in [-0.05, 0) is 18.6 Å². The third-order valence-electron chi connectivity index (χ3n) is 2.83. The van der Waals surface area contributed by atoms with Gasteiger partial charge in [0, 0.05) is 22.7 Å². The van der Waals surface area contributed by atoms with E-state index in [1.54, 1.807) is 6.20 Å². The van der Waals surface area contributed by atoms with Gasteiger partial charge in [0.1, 0.15) is 12.4 Å². The van der Waals surface area contributed by atoms with Crippen molar-refractivity contribution in [3.63, 3.8) is 0 Å². The van der Waals surface area contributed by atoms with Crippen LogP contribution in [0.15, 0.2) is 24.4 Å². The first kappa shape index (κ1) is 12.2. The number of rotatable bonds is 3. The van der Waals surface area contributed by atoms with Gasteiger partial charge in [0.15, 0.2) is 0 Å². The van der Waals surface area contributed by atoms with Crippen LogP contribution in [0.1, 0.15) is 5.56 Å². The lowest BCUT2D eigenvalue weighted by Gasteiger charge is -2.10. The predicted octanol–water partition coefficient (Wildman–Crippen LogP) is 1.71. The minimum absolute atomic E-state index is 0.0798. The van der Waals surface area contributed by atoms with Crippen LogP contribution in [-0.4, -0.2) is 24.6 Å². The molecule has 5 heteroatoms. The monoisotopic (exact) mass is 245 g/mol. The zero-order chi connectivity index (χ0) is 13.1. The molecule has 0 radical (unpaired) electrons. The number of carbonyl (C=O) groups is 1. The Morgan fingerprint density at radius 1 is 1.39 bits per heavy atom. The van der Waals surface area contributed by atoms with Crippen molar-refractivity contribution in [1.29, 1.82) is 0 Å². The van der Waals surface area contributed by atoms with Gasteiger partial charge in [-0.3, -0.25) is 4.79 Å². The molecule has 1 aromatic carbocycles. The van der Waals surface area contributed by atoms with Gasteiger partial charge in [-0.15, -0.1) is 0 Å². The van der Waals surface area contributed by atoms with E-state index in [0.29, 0.717) is 5.82 Å². The number of anilines is 2. The van der Waals surface area contributed by atoms with Gasteiger partial charge in [0.25, 0.3) is 0 Å². The zero-order valence-corrected chi connectivity index (χ0v) is 10.4. The number of nitrogen functional groups attached to an aromatic ring is 1. The molecule has 0 fully saturated rings. The molecule has 0 bridgehead atoms. The van der Waals surface area contributed by atoms with E-state index in [1.807, 2.05) is 25.1 Å². The first-order valence-electron chi connectivity index (χ1n) is 5.58. The summed E-state index contributed by atoms with van der Waals surface area (Å²) in [5.41, 5.74) is 7.78. The Bertz CT molecular complexity index is 596. The molecule has 0 unspecified atom stereocenters. The summed E-state index contributed by atoms with van der Waals surface area (Å²) in [5.74, 6) is 0.290. The third-order valence-corrected chi connectivity index (χ3v) is 2.83. The summed E-state index contributed by atoms with van der Waals surface area (Å²) < 4.78 is 4.57. The molecule has 2 rings (SSSR count). The molecule has 0 saturated carbocycles. The van der Waals surface area contributed by atoms with Crippen molar-refractivity contribution in [2.45, 2.75) is 6.92 Å². The third kappa shape index (κ3) is 2.20. The number of nitrogens with two attached hydrogens (primary N) is 1. The number of esters is 1. The van der Waals surface area contributed by atoms with Crippen molar-refractivity contribution in [3.05, 3.63) is 30.0 Å². The lowest BCUT2D eigenvalue weighted by Crippen LogP contribution is -2.15. The van der Waals surface area contributed by atoms with Crippen molar-refractivity contribution < 1.29 is 9.53 Å². The highest BCUT2D eigenvalue weighted by Gasteiger charge is 2.07. The van der Waals surface area contributed by atoms with Crippen LogP contribution in [-0.2, 0) is 9.53 Å². The number of carbonyl (C=O) groups excluding carboxylic acids is 1. The van der Waals surface area contributed by atoms with Crippen molar-refractivity contribution in [1.82, 2.24) is 4.98 Å². The number of nitrogens with one attached hydrogen (secondary N) is 1. The second-order valence-electron chi connectivity index (χ2n) is 3.98. The first-order chi connectivity index (χ1) is 8.63. The number of aryl methyl sites for hydroxylation is 1. The Labute approximate surface area is 105 Å². The van der Waals surface area contributed by atoms with E-state index in [-0.39, 0.29) is 12.5 Å². The fraction of sp³-hybridized carbons (Fsp3) is 0.231. The molecular formula is C13H15N3O2. The molecule has 0 aliphatic carbocycles. The van der Waals surface area contributed by atoms with Gasteiger partial charge >= 0.3 is 5.97 Å². The standard InChI is InChI=1S/C13H15N3O2/c1-8-3-4-10-9(12(8)14)5-6-15-13(10)16-7-11(17)18-2/h3-6H,7,14H2,1-2H3,(H,15,16). The molecule has 0 amide bonds. The van der Waals surface area contributed by atoms with Crippen LogP contribution in [0.25, 0.3) is 10.8 Å². The SMILES string of the molecule is COC(=O)CNc1nccc2c(N)c(C)ccc12. The van der Waals surface area contributed by atoms with Crippen molar-refractivity contribution >= 4 is 28.2 Å². The molecule has 2 aromatic rings. The molecule has 0 aliphatic heterocycles. The maximum Gasteiger partial charge on any atom is 0.325 e. The number of aromatic nitrogens is 1. The fourth-order valence-electron chi connectivity index (χ4n) is 1.76. The molecule has 0 aliphatic rings. The van der Waals surface area contributed by atoms with E-state index in [1.165, 1.54) is 7.11 Å². The number of pyridine rings is 1. The van der Waals surface area contributed by atoms with Crippen LogP contribution in [0, 0.1) is 6.92 Å². The van der Waals surface area contributed by atoms with Gasteiger partial charge in [-0.25, -0.2) is 4.98 Å². The molecule has 0 spiro atoms. The van der Waals surface area contributed by atoms with E-state index in [0.717, 1.165) is 22.0 Å². The molecule has 0 saturated heterocycles. The topological polar surface area (TPSA) is 77.2 Å². The summed E-state index contributed by atoms with van der Waals surface area (Å²) >= 11 is 0. The van der Waals surface area contributed by atoms with E-state index >= 15 is 0 Å². The van der Waals surface area contributed by atoms with E-state index in [4.69, 9.17) is 5.73 Å². The van der Waals surface area contributed by atoms with E-state index < -0.39 is 0 Å². The number of nitrogens with zero attached hydrogens (tertiary/aromatic N) is 1. The Kier molecular flexibility index (Phi) is 3.32. The van der Waals surface area contributed by atoms with Crippen molar-refractivity contribution in [2.75, 3.05) is 24.7 Å². The number of hydrogen-bond acceptors (Lipinski definition) is 5. The molecule has 5 nitrogen and oxygen atoms in total. The molecular weight excluding hydrogens is 230 g/mol. The van der Waals surface area contributed by atoms with E-state index in [9.17, 15) is 4.79 Å². The summed E-state index contributed by atoms with van der Waals surface area (Å²) in [5, 5.41) is 4.76. The second-order valence-corrected chi connectivity index (χ2v) is 3.98. The number of hydrogen-bond donors (Lipinski definition) is 2. The summed E-state index contributed by atoms with van der Waals surface area (Å²) in [6, 6.07) is 5.73. The molecule has 1 aromatic heterocycles. The number of ether oxygens (including phenoxy) is 1. The quantitative estimate of drug-likeness (QED) is 0.636. The molecule has 94 valence electrons. The molecule has 3 N–H and O–H groups in total. The largest absolute Gasteiger partial charge is 0.468 e. The predicted molar refractivity (Wildman–Crippen MR) is 71.4 cm³/mol. The lowest BCUT2D eigenvalue weighted by molar-refractivity contribution is -0.138. The maximum absolute atomic E-state index is 11.1. The van der Waals surface area contributed by atoms with E-state index in [2.05, 4.69) is 15.0 Å². The van der Waals surface area contributed by atoms with Gasteiger partial charge in [0.05, 0.1) is 7.11 Å². The van der Waals surface area contributed by atoms with Gasteiger partial charge in [-0.1, -0.05) is 12.1 Å². The average molecular weight is 245 g/mol. The number of benzene rings is 1. The normalized spacial score (nSPS) is 10.3. The summed E-state index contributed by atoms with van der Waals surface area (Å²) in [7, 11) is 1.35. The highest BCUT2D eigenvalue weighted by Crippen LogP contribution is 2.28. The Morgan fingerprint density at radius 2 is 2.17 bits per heavy atom. The van der Waals surface area contributed by atoms with Crippen LogP contribution in [0.3, 0.4) is 0 Å². The van der Waals surface area contributed by atoms with Crippen LogP contribution in [0.4, 0.5) is 11.5 Å². The van der Waals surface area contributed by atoms with Crippen LogP contribution < -0.4 is 11.1 Å². The average Bonchev–Trinajstić information content (AvgIpc) is 2.40. The van der Waals surface area contributed by atoms with Gasteiger partial charge < -0.3 is 15.8 Å². The Balaban J connectivity index is 2.40. The second kappa shape index (κ2) is 4.91. The smallest absolute Gasteiger partial charge is 0.325 e. The minimum atomic E-state index is -0.339. The zero-order valence-electron chi connectivity index (χ0n) is 10.4. The number of fused-ring (bicyclic) bond motifs is 1. The lowest BCUT2D eigenvalue weighted by atomic mass is 10.1. The first-order valence-corrected chi connectivity index (χ1v) is 5.58. The van der Waals surface area contributed by atoms with Crippen molar-refractivity contribution in [2.24, 2.45) is 0 Å². The van der Waals surface area contributed by atoms with Gasteiger partial charge in [0.2, 0.25) is 0 Å². The van der Waals surface area contributed by atoms with Gasteiger partial charge in [-0.2, -0.15) is 0 Å². The number of methoxy groups -OCH3 is 1.